The first-order valence-electron chi connectivity index (χ1n) is 6.08. The number of cyclic esters (lactones) is 1. The first-order valence-corrected chi connectivity index (χ1v) is 6.08. The van der Waals surface area contributed by atoms with E-state index in [0.29, 0.717) is 19.7 Å². The highest BCUT2D eigenvalue weighted by atomic mass is 19.1. The Morgan fingerprint density at radius 2 is 2.11 bits per heavy atom. The van der Waals surface area contributed by atoms with Gasteiger partial charge in [-0.2, -0.15) is 0 Å². The Morgan fingerprint density at radius 1 is 1.37 bits per heavy atom. The highest BCUT2D eigenvalue weighted by Gasteiger charge is 2.21. The molecule has 6 heteroatoms. The molecule has 1 aliphatic rings. The number of ether oxygens (including phenoxy) is 1. The molecule has 1 N–H and O–H groups in total. The summed E-state index contributed by atoms with van der Waals surface area (Å²) in [6, 6.07) is 5.88. The molecule has 0 aromatic heterocycles. The fourth-order valence-electron chi connectivity index (χ4n) is 1.77. The largest absolute Gasteiger partial charge is 0.449 e. The topological polar surface area (TPSA) is 58.6 Å². The third-order valence-corrected chi connectivity index (χ3v) is 2.79. The highest BCUT2D eigenvalue weighted by molar-refractivity contribution is 5.82. The Balaban J connectivity index is 1.78. The molecule has 1 fully saturated rings. The van der Waals surface area contributed by atoms with Crippen LogP contribution < -0.4 is 5.32 Å². The molecule has 1 aromatic carbocycles. The average molecular weight is 266 g/mol. The van der Waals surface area contributed by atoms with Gasteiger partial charge >= 0.3 is 6.09 Å². The van der Waals surface area contributed by atoms with E-state index in [0.717, 1.165) is 12.0 Å². The highest BCUT2D eigenvalue weighted by Crippen LogP contribution is 2.04. The van der Waals surface area contributed by atoms with Gasteiger partial charge in [0.1, 0.15) is 12.4 Å². The molecule has 19 heavy (non-hydrogen) atoms. The monoisotopic (exact) mass is 266 g/mol. The van der Waals surface area contributed by atoms with Gasteiger partial charge in [-0.3, -0.25) is 9.69 Å². The van der Waals surface area contributed by atoms with E-state index in [1.54, 1.807) is 12.1 Å². The van der Waals surface area contributed by atoms with E-state index in [4.69, 9.17) is 4.74 Å². The van der Waals surface area contributed by atoms with Crippen molar-refractivity contribution in [2.45, 2.75) is 13.0 Å². The van der Waals surface area contributed by atoms with E-state index >= 15 is 0 Å². The summed E-state index contributed by atoms with van der Waals surface area (Å²) in [5.41, 5.74) is 0.802. The van der Waals surface area contributed by atoms with E-state index in [2.05, 4.69) is 5.32 Å². The van der Waals surface area contributed by atoms with Crippen LogP contribution in [-0.2, 0) is 16.1 Å². The molecular weight excluding hydrogens is 251 g/mol. The summed E-state index contributed by atoms with van der Waals surface area (Å²) >= 11 is 0. The third kappa shape index (κ3) is 3.94. The zero-order valence-corrected chi connectivity index (χ0v) is 10.4. The second kappa shape index (κ2) is 6.17. The van der Waals surface area contributed by atoms with Crippen molar-refractivity contribution in [2.75, 3.05) is 19.7 Å². The molecule has 1 aliphatic heterocycles. The van der Waals surface area contributed by atoms with Crippen LogP contribution in [0.3, 0.4) is 0 Å². The molecule has 102 valence electrons. The zero-order valence-electron chi connectivity index (χ0n) is 10.4. The van der Waals surface area contributed by atoms with Crippen molar-refractivity contribution in [1.82, 2.24) is 10.2 Å². The van der Waals surface area contributed by atoms with Crippen LogP contribution in [0.4, 0.5) is 9.18 Å². The van der Waals surface area contributed by atoms with E-state index in [1.165, 1.54) is 17.0 Å². The first kappa shape index (κ1) is 13.3. The number of hydrogen-bond donors (Lipinski definition) is 1. The second-order valence-corrected chi connectivity index (χ2v) is 4.29. The fourth-order valence-corrected chi connectivity index (χ4v) is 1.77. The Kier molecular flexibility index (Phi) is 4.33. The molecule has 0 bridgehead atoms. The van der Waals surface area contributed by atoms with Crippen molar-refractivity contribution in [3.05, 3.63) is 35.6 Å². The van der Waals surface area contributed by atoms with Crippen molar-refractivity contribution < 1.29 is 18.7 Å². The van der Waals surface area contributed by atoms with Crippen LogP contribution in [0.2, 0.25) is 0 Å². The van der Waals surface area contributed by atoms with Crippen molar-refractivity contribution in [3.63, 3.8) is 0 Å². The Hall–Kier alpha value is -2.11. The lowest BCUT2D eigenvalue weighted by molar-refractivity contribution is -0.122. The molecule has 0 aliphatic carbocycles. The summed E-state index contributed by atoms with van der Waals surface area (Å²) < 4.78 is 17.5. The van der Waals surface area contributed by atoms with Gasteiger partial charge in [0.05, 0.1) is 6.61 Å². The number of carbonyl (C=O) groups excluding carboxylic acids is 2. The quantitative estimate of drug-likeness (QED) is 0.893. The molecule has 2 amide bonds. The van der Waals surface area contributed by atoms with Gasteiger partial charge in [0.25, 0.3) is 0 Å². The Labute approximate surface area is 110 Å². The van der Waals surface area contributed by atoms with E-state index in [1.807, 2.05) is 0 Å². The molecule has 2 rings (SSSR count). The zero-order chi connectivity index (χ0) is 13.7. The first-order chi connectivity index (χ1) is 9.15. The van der Waals surface area contributed by atoms with Crippen molar-refractivity contribution in [3.8, 4) is 0 Å². The predicted molar refractivity (Wildman–Crippen MR) is 65.8 cm³/mol. The summed E-state index contributed by atoms with van der Waals surface area (Å²) in [6.07, 6.45) is 0.278. The number of halogens is 1. The SMILES string of the molecule is O=C(CN1CCCOC1=O)NCc1ccc(F)cc1. The van der Waals surface area contributed by atoms with Gasteiger partial charge in [-0.05, 0) is 24.1 Å². The number of amides is 2. The number of benzene rings is 1. The molecule has 0 radical (unpaired) electrons. The maximum atomic E-state index is 12.7. The summed E-state index contributed by atoms with van der Waals surface area (Å²) in [5.74, 6) is -0.575. The van der Waals surface area contributed by atoms with Crippen molar-refractivity contribution in [2.24, 2.45) is 0 Å². The van der Waals surface area contributed by atoms with Gasteiger partial charge in [0.15, 0.2) is 0 Å². The summed E-state index contributed by atoms with van der Waals surface area (Å²) in [5, 5.41) is 2.68. The van der Waals surface area contributed by atoms with Crippen molar-refractivity contribution >= 4 is 12.0 Å². The summed E-state index contributed by atoms with van der Waals surface area (Å²) in [7, 11) is 0. The maximum absolute atomic E-state index is 12.7. The lowest BCUT2D eigenvalue weighted by Gasteiger charge is -2.25. The Morgan fingerprint density at radius 3 is 2.79 bits per heavy atom. The van der Waals surface area contributed by atoms with Gasteiger partial charge in [-0.15, -0.1) is 0 Å². The van der Waals surface area contributed by atoms with Crippen LogP contribution in [-0.4, -0.2) is 36.6 Å². The van der Waals surface area contributed by atoms with Gasteiger partial charge < -0.3 is 10.1 Å². The van der Waals surface area contributed by atoms with E-state index < -0.39 is 6.09 Å². The molecule has 5 nitrogen and oxygen atoms in total. The number of hydrogen-bond acceptors (Lipinski definition) is 3. The fraction of sp³-hybridized carbons (Fsp3) is 0.385. The molecule has 0 unspecified atom stereocenters. The maximum Gasteiger partial charge on any atom is 0.410 e. The van der Waals surface area contributed by atoms with Crippen LogP contribution in [0, 0.1) is 5.82 Å². The minimum absolute atomic E-state index is 0.0139. The lowest BCUT2D eigenvalue weighted by atomic mass is 10.2. The van der Waals surface area contributed by atoms with Gasteiger partial charge in [0, 0.05) is 13.1 Å². The molecule has 1 saturated heterocycles. The van der Waals surface area contributed by atoms with Gasteiger partial charge in [-0.1, -0.05) is 12.1 Å². The molecule has 1 heterocycles. The van der Waals surface area contributed by atoms with E-state index in [-0.39, 0.29) is 18.3 Å². The normalized spacial score (nSPS) is 15.0. The summed E-state index contributed by atoms with van der Waals surface area (Å²) in [6.45, 7) is 1.23. The molecular formula is C13H15FN2O3. The van der Waals surface area contributed by atoms with Crippen LogP contribution in [0.25, 0.3) is 0 Å². The smallest absolute Gasteiger partial charge is 0.410 e. The minimum Gasteiger partial charge on any atom is -0.449 e. The predicted octanol–water partition coefficient (Wildman–Crippen LogP) is 1.28. The molecule has 0 saturated carbocycles. The number of carbonyl (C=O) groups is 2. The van der Waals surface area contributed by atoms with E-state index in [9.17, 15) is 14.0 Å². The third-order valence-electron chi connectivity index (χ3n) is 2.79. The second-order valence-electron chi connectivity index (χ2n) is 4.29. The van der Waals surface area contributed by atoms with Crippen LogP contribution in [0.5, 0.6) is 0 Å². The van der Waals surface area contributed by atoms with Gasteiger partial charge in [0.2, 0.25) is 5.91 Å². The molecule has 1 aromatic rings. The van der Waals surface area contributed by atoms with Crippen LogP contribution in [0.1, 0.15) is 12.0 Å². The van der Waals surface area contributed by atoms with Gasteiger partial charge in [-0.25, -0.2) is 9.18 Å². The number of nitrogens with one attached hydrogen (secondary N) is 1. The average Bonchev–Trinajstić information content (AvgIpc) is 2.41. The van der Waals surface area contributed by atoms with Crippen LogP contribution >= 0.6 is 0 Å². The molecule has 0 spiro atoms. The summed E-state index contributed by atoms with van der Waals surface area (Å²) in [4.78, 5) is 24.4. The minimum atomic E-state index is -0.455. The number of nitrogens with zero attached hydrogens (tertiary/aromatic N) is 1. The Bertz CT molecular complexity index is 461. The van der Waals surface area contributed by atoms with Crippen molar-refractivity contribution in [1.29, 1.82) is 0 Å². The molecule has 0 atom stereocenters. The lowest BCUT2D eigenvalue weighted by Crippen LogP contribution is -2.44. The standard InChI is InChI=1S/C13H15FN2O3/c14-11-4-2-10(3-5-11)8-15-12(17)9-16-6-1-7-19-13(16)18/h2-5H,1,6-9H2,(H,15,17). The number of rotatable bonds is 4. The van der Waals surface area contributed by atoms with Crippen LogP contribution in [0.15, 0.2) is 24.3 Å².